The Balaban J connectivity index is 3.09. The second kappa shape index (κ2) is 3.77. The van der Waals surface area contributed by atoms with Gasteiger partial charge in [-0.2, -0.15) is 0 Å². The van der Waals surface area contributed by atoms with Gasteiger partial charge in [0.1, 0.15) is 0 Å². The molecular formula is C9H12O5S. The van der Waals surface area contributed by atoms with Crippen LogP contribution in [0.25, 0.3) is 0 Å². The minimum absolute atomic E-state index is 0.0744. The monoisotopic (exact) mass is 232 g/mol. The van der Waals surface area contributed by atoms with E-state index >= 15 is 0 Å². The normalized spacial score (nSPS) is 28.6. The predicted octanol–water partition coefficient (Wildman–Crippen LogP) is 0.0195. The fourth-order valence-electron chi connectivity index (χ4n) is 1.73. The summed E-state index contributed by atoms with van der Waals surface area (Å²) < 4.78 is 22.8. The lowest BCUT2D eigenvalue weighted by atomic mass is 9.93. The van der Waals surface area contributed by atoms with E-state index in [1.807, 2.05) is 0 Å². The summed E-state index contributed by atoms with van der Waals surface area (Å²) in [4.78, 5) is 22.3. The van der Waals surface area contributed by atoms with Crippen LogP contribution in [0.1, 0.15) is 13.3 Å². The Bertz CT molecular complexity index is 420. The predicted molar refractivity (Wildman–Crippen MR) is 53.1 cm³/mol. The summed E-state index contributed by atoms with van der Waals surface area (Å²) in [6.45, 7) is 4.85. The molecule has 0 amide bonds. The SMILES string of the molecule is C=C(C)C(=O)C1CCS(=O)(=O)C1C(=O)O. The molecule has 0 saturated carbocycles. The van der Waals surface area contributed by atoms with Crippen LogP contribution in [0.15, 0.2) is 12.2 Å². The number of sulfone groups is 1. The van der Waals surface area contributed by atoms with E-state index in [1.165, 1.54) is 6.92 Å². The van der Waals surface area contributed by atoms with Gasteiger partial charge in [0.15, 0.2) is 20.9 Å². The van der Waals surface area contributed by atoms with Crippen molar-refractivity contribution in [2.45, 2.75) is 18.6 Å². The lowest BCUT2D eigenvalue weighted by molar-refractivity contribution is -0.139. The largest absolute Gasteiger partial charge is 0.480 e. The number of hydrogen-bond acceptors (Lipinski definition) is 4. The molecule has 1 rings (SSSR count). The number of ketones is 1. The highest BCUT2D eigenvalue weighted by Gasteiger charge is 2.48. The Hall–Kier alpha value is -1.17. The topological polar surface area (TPSA) is 88.5 Å². The number of aliphatic carboxylic acids is 1. The van der Waals surface area contributed by atoms with E-state index in [1.54, 1.807) is 0 Å². The zero-order valence-electron chi connectivity index (χ0n) is 8.26. The highest BCUT2D eigenvalue weighted by molar-refractivity contribution is 7.93. The summed E-state index contributed by atoms with van der Waals surface area (Å²) in [7, 11) is -3.68. The maximum absolute atomic E-state index is 11.5. The van der Waals surface area contributed by atoms with E-state index in [0.717, 1.165) is 0 Å². The number of Topliss-reactive ketones (excluding diaryl/α,β-unsaturated/α-hetero) is 1. The molecular weight excluding hydrogens is 220 g/mol. The highest BCUT2D eigenvalue weighted by Crippen LogP contribution is 2.29. The number of rotatable bonds is 3. The number of carboxylic acids is 1. The van der Waals surface area contributed by atoms with E-state index in [4.69, 9.17) is 5.11 Å². The minimum atomic E-state index is -3.68. The van der Waals surface area contributed by atoms with Crippen LogP contribution in [0.5, 0.6) is 0 Å². The number of hydrogen-bond donors (Lipinski definition) is 1. The molecule has 15 heavy (non-hydrogen) atoms. The average Bonchev–Trinajstić information content (AvgIpc) is 2.39. The molecule has 1 N–H and O–H groups in total. The van der Waals surface area contributed by atoms with Gasteiger partial charge in [-0.25, -0.2) is 8.42 Å². The van der Waals surface area contributed by atoms with Crippen LogP contribution in [-0.2, 0) is 19.4 Å². The van der Waals surface area contributed by atoms with Crippen molar-refractivity contribution in [2.24, 2.45) is 5.92 Å². The second-order valence-electron chi connectivity index (χ2n) is 3.67. The summed E-state index contributed by atoms with van der Waals surface area (Å²) in [6.07, 6.45) is 0.0744. The molecule has 0 bridgehead atoms. The van der Waals surface area contributed by atoms with E-state index < -0.39 is 32.8 Å². The smallest absolute Gasteiger partial charge is 0.322 e. The third-order valence-electron chi connectivity index (χ3n) is 2.47. The van der Waals surface area contributed by atoms with Crippen molar-refractivity contribution in [3.63, 3.8) is 0 Å². The van der Waals surface area contributed by atoms with Gasteiger partial charge in [0.25, 0.3) is 0 Å². The molecule has 5 nitrogen and oxygen atoms in total. The first kappa shape index (κ1) is 11.9. The van der Waals surface area contributed by atoms with E-state index in [-0.39, 0.29) is 17.7 Å². The van der Waals surface area contributed by atoms with Crippen LogP contribution in [-0.4, -0.2) is 36.3 Å². The van der Waals surface area contributed by atoms with Gasteiger partial charge in [0.05, 0.1) is 11.7 Å². The first-order chi connectivity index (χ1) is 6.77. The van der Waals surface area contributed by atoms with Crippen molar-refractivity contribution in [3.8, 4) is 0 Å². The van der Waals surface area contributed by atoms with Gasteiger partial charge in [-0.1, -0.05) is 6.58 Å². The fourth-order valence-corrected chi connectivity index (χ4v) is 3.63. The second-order valence-corrected chi connectivity index (χ2v) is 5.91. The van der Waals surface area contributed by atoms with Gasteiger partial charge in [0.2, 0.25) is 0 Å². The molecule has 0 aromatic heterocycles. The minimum Gasteiger partial charge on any atom is -0.480 e. The highest BCUT2D eigenvalue weighted by atomic mass is 32.2. The molecule has 2 unspecified atom stereocenters. The Labute approximate surface area is 87.7 Å². The molecule has 1 fully saturated rings. The summed E-state index contributed by atoms with van der Waals surface area (Å²) in [5.74, 6) is -3.13. The van der Waals surface area contributed by atoms with Crippen LogP contribution < -0.4 is 0 Å². The molecule has 2 atom stereocenters. The van der Waals surface area contributed by atoms with Crippen LogP contribution in [0, 0.1) is 5.92 Å². The Morgan fingerprint density at radius 1 is 1.40 bits per heavy atom. The van der Waals surface area contributed by atoms with Crippen molar-refractivity contribution < 1.29 is 23.1 Å². The number of carboxylic acid groups (broad SMARTS) is 1. The molecule has 0 spiro atoms. The van der Waals surface area contributed by atoms with E-state index in [9.17, 15) is 18.0 Å². The van der Waals surface area contributed by atoms with E-state index in [2.05, 4.69) is 6.58 Å². The maximum Gasteiger partial charge on any atom is 0.322 e. The molecule has 0 radical (unpaired) electrons. The molecule has 0 aromatic carbocycles. The third kappa shape index (κ3) is 2.09. The van der Waals surface area contributed by atoms with Crippen molar-refractivity contribution >= 4 is 21.6 Å². The Morgan fingerprint density at radius 3 is 2.33 bits per heavy atom. The molecule has 0 aliphatic carbocycles. The zero-order chi connectivity index (χ0) is 11.8. The van der Waals surface area contributed by atoms with Crippen molar-refractivity contribution in [1.82, 2.24) is 0 Å². The lowest BCUT2D eigenvalue weighted by Crippen LogP contribution is -2.35. The van der Waals surface area contributed by atoms with Gasteiger partial charge in [-0.05, 0) is 18.9 Å². The molecule has 1 aliphatic rings. The maximum atomic E-state index is 11.5. The van der Waals surface area contributed by atoms with Crippen molar-refractivity contribution in [3.05, 3.63) is 12.2 Å². The standard InChI is InChI=1S/C9H12O5S/c1-5(2)7(10)6-3-4-15(13,14)8(6)9(11)12/h6,8H,1,3-4H2,2H3,(H,11,12). The molecule has 0 aromatic rings. The quantitative estimate of drug-likeness (QED) is 0.693. The van der Waals surface area contributed by atoms with Gasteiger partial charge in [0, 0.05) is 0 Å². The van der Waals surface area contributed by atoms with Gasteiger partial charge in [-0.3, -0.25) is 9.59 Å². The van der Waals surface area contributed by atoms with Crippen molar-refractivity contribution in [1.29, 1.82) is 0 Å². The zero-order valence-corrected chi connectivity index (χ0v) is 9.08. The third-order valence-corrected chi connectivity index (χ3v) is 4.58. The summed E-state index contributed by atoms with van der Waals surface area (Å²) in [6, 6.07) is 0. The first-order valence-electron chi connectivity index (χ1n) is 4.41. The van der Waals surface area contributed by atoms with Gasteiger partial charge >= 0.3 is 5.97 Å². The van der Waals surface area contributed by atoms with Gasteiger partial charge in [-0.15, -0.1) is 0 Å². The first-order valence-corrected chi connectivity index (χ1v) is 6.13. The fraction of sp³-hybridized carbons (Fsp3) is 0.556. The summed E-state index contributed by atoms with van der Waals surface area (Å²) in [5.41, 5.74) is 0.198. The summed E-state index contributed by atoms with van der Waals surface area (Å²) >= 11 is 0. The lowest BCUT2D eigenvalue weighted by Gasteiger charge is -2.12. The molecule has 84 valence electrons. The average molecular weight is 232 g/mol. The van der Waals surface area contributed by atoms with Crippen LogP contribution in [0.4, 0.5) is 0 Å². The molecule has 1 saturated heterocycles. The molecule has 6 heteroatoms. The van der Waals surface area contributed by atoms with Crippen LogP contribution in [0.2, 0.25) is 0 Å². The molecule has 1 aliphatic heterocycles. The summed E-state index contributed by atoms with van der Waals surface area (Å²) in [5, 5.41) is 7.19. The number of carbonyl (C=O) groups is 2. The number of allylic oxidation sites excluding steroid dienone is 1. The van der Waals surface area contributed by atoms with E-state index in [0.29, 0.717) is 0 Å². The Kier molecular flexibility index (Phi) is 2.99. The van der Waals surface area contributed by atoms with Crippen molar-refractivity contribution in [2.75, 3.05) is 5.75 Å². The van der Waals surface area contributed by atoms with Crippen LogP contribution >= 0.6 is 0 Å². The van der Waals surface area contributed by atoms with Gasteiger partial charge < -0.3 is 5.11 Å². The number of carbonyl (C=O) groups excluding carboxylic acids is 1. The Morgan fingerprint density at radius 2 is 1.93 bits per heavy atom. The van der Waals surface area contributed by atoms with Crippen LogP contribution in [0.3, 0.4) is 0 Å². The molecule has 1 heterocycles.